The fraction of sp³-hybridized carbons (Fsp3) is 0.481. The maximum absolute atomic E-state index is 10.8. The molecule has 0 aliphatic heterocycles. The predicted octanol–water partition coefficient (Wildman–Crippen LogP) is 5.68. The lowest BCUT2D eigenvalue weighted by Crippen LogP contribution is -2.45. The Morgan fingerprint density at radius 3 is 2.20 bits per heavy atom. The van der Waals surface area contributed by atoms with Crippen LogP contribution in [0.3, 0.4) is 0 Å². The van der Waals surface area contributed by atoms with Gasteiger partial charge in [0.05, 0.1) is 32.0 Å². The Bertz CT molecular complexity index is 845. The summed E-state index contributed by atoms with van der Waals surface area (Å²) in [4.78, 5) is 0. The van der Waals surface area contributed by atoms with Crippen molar-refractivity contribution in [3.05, 3.63) is 82.9 Å². The number of rotatable bonds is 7. The molecule has 4 atom stereocenters. The lowest BCUT2D eigenvalue weighted by Gasteiger charge is -2.50. The van der Waals surface area contributed by atoms with Crippen LogP contribution in [-0.4, -0.2) is 23.9 Å². The molecular weight excluding hydrogens is 372 g/mol. The summed E-state index contributed by atoms with van der Waals surface area (Å²) >= 11 is 0. The van der Waals surface area contributed by atoms with E-state index in [1.807, 2.05) is 24.3 Å². The van der Waals surface area contributed by atoms with Crippen LogP contribution in [0.5, 0.6) is 0 Å². The first-order valence-corrected chi connectivity index (χ1v) is 11.2. The van der Waals surface area contributed by atoms with Gasteiger partial charge in [-0.1, -0.05) is 67.6 Å². The summed E-state index contributed by atoms with van der Waals surface area (Å²) in [5.74, 6) is 0.432. The molecule has 3 heteroatoms. The first-order chi connectivity index (χ1) is 14.6. The predicted molar refractivity (Wildman–Crippen MR) is 120 cm³/mol. The zero-order valence-electron chi connectivity index (χ0n) is 18.2. The molecule has 2 aromatic carbocycles. The van der Waals surface area contributed by atoms with E-state index >= 15 is 0 Å². The van der Waals surface area contributed by atoms with Crippen LogP contribution in [-0.2, 0) is 22.7 Å². The molecule has 1 saturated carbocycles. The van der Waals surface area contributed by atoms with E-state index in [0.29, 0.717) is 25.7 Å². The molecule has 2 aromatic rings. The molecule has 4 rings (SSSR count). The van der Waals surface area contributed by atoms with Crippen LogP contribution in [0.25, 0.3) is 0 Å². The van der Waals surface area contributed by atoms with E-state index in [9.17, 15) is 5.11 Å². The van der Waals surface area contributed by atoms with Crippen molar-refractivity contribution in [1.82, 2.24) is 0 Å². The number of hydrogen-bond acceptors (Lipinski definition) is 3. The van der Waals surface area contributed by atoms with E-state index in [-0.39, 0.29) is 17.6 Å². The number of ether oxygens (including phenoxy) is 2. The minimum Gasteiger partial charge on any atom is -0.389 e. The van der Waals surface area contributed by atoms with Gasteiger partial charge in [0, 0.05) is 0 Å². The SMILES string of the molecule is CC1=C(COCc2ccccc2)[C@@]2(C)CC[C@H](OCc3ccccc3)C[C@@H]2C[C@H]1O. The van der Waals surface area contributed by atoms with Gasteiger partial charge in [0.15, 0.2) is 0 Å². The smallest absolute Gasteiger partial charge is 0.0754 e. The standard InChI is InChI=1S/C27H34O3/c1-20-25(19-29-17-21-9-5-3-6-10-21)27(2)14-13-24(15-23(27)16-26(20)28)30-18-22-11-7-4-8-12-22/h3-12,23-24,26,28H,13-19H2,1-2H3/t23-,24+,26-,27+/m1/s1. The molecule has 0 saturated heterocycles. The normalized spacial score (nSPS) is 29.0. The summed E-state index contributed by atoms with van der Waals surface area (Å²) in [6.45, 7) is 6.34. The molecule has 0 aromatic heterocycles. The van der Waals surface area contributed by atoms with Crippen molar-refractivity contribution in [1.29, 1.82) is 0 Å². The zero-order chi connectivity index (χ0) is 21.0. The van der Waals surface area contributed by atoms with Crippen molar-refractivity contribution in [3.8, 4) is 0 Å². The van der Waals surface area contributed by atoms with Gasteiger partial charge in [0.1, 0.15) is 0 Å². The molecular formula is C27H34O3. The van der Waals surface area contributed by atoms with Crippen molar-refractivity contribution in [2.45, 2.75) is 65.0 Å². The zero-order valence-corrected chi connectivity index (χ0v) is 18.2. The van der Waals surface area contributed by atoms with Crippen molar-refractivity contribution >= 4 is 0 Å². The van der Waals surface area contributed by atoms with Gasteiger partial charge in [-0.05, 0) is 66.2 Å². The van der Waals surface area contributed by atoms with E-state index in [0.717, 1.165) is 31.3 Å². The largest absolute Gasteiger partial charge is 0.389 e. The quantitative estimate of drug-likeness (QED) is 0.602. The molecule has 3 nitrogen and oxygen atoms in total. The average Bonchev–Trinajstić information content (AvgIpc) is 2.77. The van der Waals surface area contributed by atoms with E-state index in [4.69, 9.17) is 9.47 Å². The highest BCUT2D eigenvalue weighted by Crippen LogP contribution is 2.53. The maximum atomic E-state index is 10.8. The maximum Gasteiger partial charge on any atom is 0.0754 e. The van der Waals surface area contributed by atoms with Gasteiger partial charge in [0.2, 0.25) is 0 Å². The third-order valence-corrected chi connectivity index (χ3v) is 7.29. The summed E-state index contributed by atoms with van der Waals surface area (Å²) in [7, 11) is 0. The van der Waals surface area contributed by atoms with Gasteiger partial charge < -0.3 is 14.6 Å². The van der Waals surface area contributed by atoms with Crippen LogP contribution in [0.4, 0.5) is 0 Å². The fourth-order valence-electron chi connectivity index (χ4n) is 5.28. The van der Waals surface area contributed by atoms with Gasteiger partial charge >= 0.3 is 0 Å². The Balaban J connectivity index is 1.39. The van der Waals surface area contributed by atoms with Crippen molar-refractivity contribution < 1.29 is 14.6 Å². The number of fused-ring (bicyclic) bond motifs is 1. The first-order valence-electron chi connectivity index (χ1n) is 11.2. The summed E-state index contributed by atoms with van der Waals surface area (Å²) in [5, 5.41) is 10.8. The molecule has 0 spiro atoms. The van der Waals surface area contributed by atoms with Crippen LogP contribution in [0, 0.1) is 11.3 Å². The molecule has 160 valence electrons. The number of hydrogen-bond donors (Lipinski definition) is 1. The molecule has 0 heterocycles. The molecule has 30 heavy (non-hydrogen) atoms. The molecule has 2 aliphatic rings. The lowest BCUT2D eigenvalue weighted by molar-refractivity contribution is -0.0489. The minimum atomic E-state index is -0.369. The highest BCUT2D eigenvalue weighted by atomic mass is 16.5. The third kappa shape index (κ3) is 4.69. The highest BCUT2D eigenvalue weighted by molar-refractivity contribution is 5.30. The molecule has 0 bridgehead atoms. The third-order valence-electron chi connectivity index (χ3n) is 7.29. The van der Waals surface area contributed by atoms with Crippen molar-refractivity contribution in [2.24, 2.45) is 11.3 Å². The van der Waals surface area contributed by atoms with Gasteiger partial charge in [-0.25, -0.2) is 0 Å². The van der Waals surface area contributed by atoms with Crippen molar-refractivity contribution in [2.75, 3.05) is 6.61 Å². The van der Waals surface area contributed by atoms with Gasteiger partial charge in [-0.3, -0.25) is 0 Å². The second kappa shape index (κ2) is 9.47. The summed E-state index contributed by atoms with van der Waals surface area (Å²) in [5.41, 5.74) is 4.92. The molecule has 1 fully saturated rings. The summed E-state index contributed by atoms with van der Waals surface area (Å²) < 4.78 is 12.4. The number of benzene rings is 2. The van der Waals surface area contributed by atoms with E-state index < -0.39 is 0 Å². The first kappa shape index (κ1) is 21.3. The lowest BCUT2D eigenvalue weighted by atomic mass is 9.57. The second-order valence-electron chi connectivity index (χ2n) is 9.20. The van der Waals surface area contributed by atoms with Crippen LogP contribution in [0.2, 0.25) is 0 Å². The Labute approximate surface area is 180 Å². The van der Waals surface area contributed by atoms with Gasteiger partial charge in [0.25, 0.3) is 0 Å². The molecule has 1 N–H and O–H groups in total. The Morgan fingerprint density at radius 2 is 1.53 bits per heavy atom. The van der Waals surface area contributed by atoms with E-state index in [2.05, 4.69) is 50.2 Å². The summed E-state index contributed by atoms with van der Waals surface area (Å²) in [6, 6.07) is 20.7. The van der Waals surface area contributed by atoms with Crippen LogP contribution >= 0.6 is 0 Å². The number of aliphatic hydroxyl groups excluding tert-OH is 1. The van der Waals surface area contributed by atoms with Crippen LogP contribution in [0.15, 0.2) is 71.8 Å². The average molecular weight is 407 g/mol. The highest BCUT2D eigenvalue weighted by Gasteiger charge is 2.47. The minimum absolute atomic E-state index is 0.0899. The Kier molecular flexibility index (Phi) is 6.72. The molecule has 2 aliphatic carbocycles. The van der Waals surface area contributed by atoms with E-state index in [1.165, 1.54) is 16.7 Å². The Morgan fingerprint density at radius 1 is 0.900 bits per heavy atom. The van der Waals surface area contributed by atoms with Crippen molar-refractivity contribution in [3.63, 3.8) is 0 Å². The molecule has 0 amide bonds. The number of aliphatic hydroxyl groups is 1. The fourth-order valence-corrected chi connectivity index (χ4v) is 5.28. The van der Waals surface area contributed by atoms with Crippen LogP contribution in [0.1, 0.15) is 50.7 Å². The monoisotopic (exact) mass is 406 g/mol. The topological polar surface area (TPSA) is 38.7 Å². The van der Waals surface area contributed by atoms with Crippen LogP contribution < -0.4 is 0 Å². The van der Waals surface area contributed by atoms with Gasteiger partial charge in [-0.15, -0.1) is 0 Å². The molecule has 0 radical (unpaired) electrons. The van der Waals surface area contributed by atoms with Gasteiger partial charge in [-0.2, -0.15) is 0 Å². The molecule has 0 unspecified atom stereocenters. The second-order valence-corrected chi connectivity index (χ2v) is 9.20. The summed E-state index contributed by atoms with van der Waals surface area (Å²) in [6.07, 6.45) is 3.88. The van der Waals surface area contributed by atoms with E-state index in [1.54, 1.807) is 0 Å². The Hall–Kier alpha value is -1.94.